The van der Waals surface area contributed by atoms with Crippen molar-refractivity contribution in [2.24, 2.45) is 5.92 Å². The first-order chi connectivity index (χ1) is 7.79. The van der Waals surface area contributed by atoms with Crippen LogP contribution in [0.15, 0.2) is 0 Å². The summed E-state index contributed by atoms with van der Waals surface area (Å²) in [4.78, 5) is 2.61. The fraction of sp³-hybridized carbons (Fsp3) is 1.00. The van der Waals surface area contributed by atoms with Gasteiger partial charge < -0.3 is 10.2 Å². The van der Waals surface area contributed by atoms with Crippen LogP contribution in [0.1, 0.15) is 51.9 Å². The molecule has 1 unspecified atom stereocenters. The van der Waals surface area contributed by atoms with Crippen LogP contribution in [0.3, 0.4) is 0 Å². The van der Waals surface area contributed by atoms with Crippen molar-refractivity contribution < 1.29 is 0 Å². The molecule has 2 rings (SSSR count). The summed E-state index contributed by atoms with van der Waals surface area (Å²) in [5.74, 6) is 1.00. The first-order valence-corrected chi connectivity index (χ1v) is 7.23. The lowest BCUT2D eigenvalue weighted by atomic mass is 9.85. The molecule has 0 bridgehead atoms. The first-order valence-electron chi connectivity index (χ1n) is 7.23. The van der Waals surface area contributed by atoms with Gasteiger partial charge in [0, 0.05) is 25.2 Å². The van der Waals surface area contributed by atoms with Gasteiger partial charge in [-0.3, -0.25) is 0 Å². The Hall–Kier alpha value is -0.0800. The highest BCUT2D eigenvalue weighted by Crippen LogP contribution is 2.27. The van der Waals surface area contributed by atoms with Gasteiger partial charge in [0.25, 0.3) is 0 Å². The molecule has 0 aliphatic heterocycles. The van der Waals surface area contributed by atoms with Gasteiger partial charge in [0.2, 0.25) is 0 Å². The van der Waals surface area contributed by atoms with Gasteiger partial charge in [0.15, 0.2) is 0 Å². The molecule has 94 valence electrons. The third kappa shape index (κ3) is 3.74. The number of hydrogen-bond donors (Lipinski definition) is 1. The Kier molecular flexibility index (Phi) is 4.66. The van der Waals surface area contributed by atoms with E-state index in [1.165, 1.54) is 58.0 Å². The molecule has 2 saturated carbocycles. The molecule has 1 atom stereocenters. The van der Waals surface area contributed by atoms with Crippen molar-refractivity contribution in [1.82, 2.24) is 10.2 Å². The predicted molar refractivity (Wildman–Crippen MR) is 69.7 cm³/mol. The van der Waals surface area contributed by atoms with E-state index in [1.807, 2.05) is 0 Å². The topological polar surface area (TPSA) is 15.3 Å². The standard InChI is InChI=1S/C14H28N2/c1-3-5-14(10-15-13-8-9-13)16(2)11-12-6-4-7-12/h12-15H,3-11H2,1-2H3. The van der Waals surface area contributed by atoms with Crippen LogP contribution in [-0.2, 0) is 0 Å². The molecule has 0 spiro atoms. The molecule has 2 aliphatic carbocycles. The van der Waals surface area contributed by atoms with E-state index in [-0.39, 0.29) is 0 Å². The Morgan fingerprint density at radius 2 is 2.00 bits per heavy atom. The monoisotopic (exact) mass is 224 g/mol. The largest absolute Gasteiger partial charge is 0.312 e. The van der Waals surface area contributed by atoms with Crippen LogP contribution >= 0.6 is 0 Å². The summed E-state index contributed by atoms with van der Waals surface area (Å²) in [6.07, 6.45) is 9.89. The fourth-order valence-electron chi connectivity index (χ4n) is 2.63. The minimum atomic E-state index is 0.770. The summed E-state index contributed by atoms with van der Waals surface area (Å²) in [6, 6.07) is 1.63. The molecule has 0 radical (unpaired) electrons. The van der Waals surface area contributed by atoms with E-state index >= 15 is 0 Å². The Bertz CT molecular complexity index is 197. The lowest BCUT2D eigenvalue weighted by Crippen LogP contribution is -2.43. The van der Waals surface area contributed by atoms with Crippen LogP contribution in [0.25, 0.3) is 0 Å². The zero-order chi connectivity index (χ0) is 11.4. The molecule has 1 N–H and O–H groups in total. The van der Waals surface area contributed by atoms with Gasteiger partial charge in [-0.15, -0.1) is 0 Å². The van der Waals surface area contributed by atoms with Gasteiger partial charge in [-0.2, -0.15) is 0 Å². The van der Waals surface area contributed by atoms with Crippen LogP contribution in [0, 0.1) is 5.92 Å². The zero-order valence-corrected chi connectivity index (χ0v) is 11.0. The second-order valence-corrected chi connectivity index (χ2v) is 5.86. The van der Waals surface area contributed by atoms with E-state index < -0.39 is 0 Å². The minimum Gasteiger partial charge on any atom is -0.312 e. The third-order valence-corrected chi connectivity index (χ3v) is 4.24. The van der Waals surface area contributed by atoms with Crippen molar-refractivity contribution in [3.05, 3.63) is 0 Å². The maximum atomic E-state index is 3.69. The molecule has 2 fully saturated rings. The van der Waals surface area contributed by atoms with E-state index in [9.17, 15) is 0 Å². The lowest BCUT2D eigenvalue weighted by molar-refractivity contribution is 0.152. The van der Waals surface area contributed by atoms with Gasteiger partial charge in [-0.25, -0.2) is 0 Å². The highest BCUT2D eigenvalue weighted by molar-refractivity contribution is 4.84. The second kappa shape index (κ2) is 6.02. The van der Waals surface area contributed by atoms with Gasteiger partial charge in [-0.05, 0) is 45.1 Å². The summed E-state index contributed by atoms with van der Waals surface area (Å²) in [5, 5.41) is 3.69. The molecular formula is C14H28N2. The predicted octanol–water partition coefficient (Wildman–Crippen LogP) is 2.64. The van der Waals surface area contributed by atoms with E-state index in [4.69, 9.17) is 0 Å². The molecule has 2 heteroatoms. The molecule has 0 aromatic carbocycles. The van der Waals surface area contributed by atoms with E-state index in [0.29, 0.717) is 0 Å². The minimum absolute atomic E-state index is 0.770. The molecule has 0 saturated heterocycles. The summed E-state index contributed by atoms with van der Waals surface area (Å²) in [6.45, 7) is 4.85. The van der Waals surface area contributed by atoms with Crippen molar-refractivity contribution in [3.63, 3.8) is 0 Å². The summed E-state index contributed by atoms with van der Waals surface area (Å²) >= 11 is 0. The second-order valence-electron chi connectivity index (χ2n) is 5.86. The van der Waals surface area contributed by atoms with Crippen molar-refractivity contribution >= 4 is 0 Å². The third-order valence-electron chi connectivity index (χ3n) is 4.24. The Morgan fingerprint density at radius 1 is 1.25 bits per heavy atom. The first kappa shape index (κ1) is 12.4. The van der Waals surface area contributed by atoms with Crippen molar-refractivity contribution in [2.45, 2.75) is 64.0 Å². The normalized spacial score (nSPS) is 23.4. The van der Waals surface area contributed by atoms with Crippen molar-refractivity contribution in [2.75, 3.05) is 20.1 Å². The summed E-state index contributed by atoms with van der Waals surface area (Å²) in [7, 11) is 2.33. The smallest absolute Gasteiger partial charge is 0.0217 e. The van der Waals surface area contributed by atoms with E-state index in [1.54, 1.807) is 0 Å². The number of nitrogens with zero attached hydrogens (tertiary/aromatic N) is 1. The molecule has 0 heterocycles. The zero-order valence-electron chi connectivity index (χ0n) is 11.0. The average molecular weight is 224 g/mol. The number of rotatable bonds is 8. The van der Waals surface area contributed by atoms with Crippen LogP contribution in [0.4, 0.5) is 0 Å². The molecule has 0 aromatic heterocycles. The SMILES string of the molecule is CCCC(CNC1CC1)N(C)CC1CCC1. The highest BCUT2D eigenvalue weighted by atomic mass is 15.2. The van der Waals surface area contributed by atoms with Crippen LogP contribution < -0.4 is 5.32 Å². The number of hydrogen-bond acceptors (Lipinski definition) is 2. The average Bonchev–Trinajstić information content (AvgIpc) is 3.01. The van der Waals surface area contributed by atoms with Crippen molar-refractivity contribution in [1.29, 1.82) is 0 Å². The van der Waals surface area contributed by atoms with Gasteiger partial charge in [-0.1, -0.05) is 19.8 Å². The number of likely N-dealkylation sites (N-methyl/N-ethyl adjacent to an activating group) is 1. The highest BCUT2D eigenvalue weighted by Gasteiger charge is 2.25. The van der Waals surface area contributed by atoms with Crippen LogP contribution in [0.2, 0.25) is 0 Å². The van der Waals surface area contributed by atoms with Gasteiger partial charge in [0.05, 0.1) is 0 Å². The molecule has 0 aromatic rings. The quantitative estimate of drug-likeness (QED) is 0.682. The van der Waals surface area contributed by atoms with Gasteiger partial charge in [0.1, 0.15) is 0 Å². The molecule has 0 amide bonds. The molecular weight excluding hydrogens is 196 g/mol. The Labute approximate surface area is 101 Å². The Morgan fingerprint density at radius 3 is 2.50 bits per heavy atom. The Balaban J connectivity index is 1.68. The molecule has 2 nitrogen and oxygen atoms in total. The maximum absolute atomic E-state index is 3.69. The molecule has 16 heavy (non-hydrogen) atoms. The van der Waals surface area contributed by atoms with Crippen LogP contribution in [0.5, 0.6) is 0 Å². The van der Waals surface area contributed by atoms with E-state index in [2.05, 4.69) is 24.2 Å². The fourth-order valence-corrected chi connectivity index (χ4v) is 2.63. The van der Waals surface area contributed by atoms with Crippen LogP contribution in [-0.4, -0.2) is 37.1 Å². The maximum Gasteiger partial charge on any atom is 0.0217 e. The summed E-state index contributed by atoms with van der Waals surface area (Å²) < 4.78 is 0. The number of nitrogens with one attached hydrogen (secondary N) is 1. The van der Waals surface area contributed by atoms with Gasteiger partial charge >= 0.3 is 0 Å². The van der Waals surface area contributed by atoms with Crippen molar-refractivity contribution in [3.8, 4) is 0 Å². The summed E-state index contributed by atoms with van der Waals surface area (Å²) in [5.41, 5.74) is 0. The lowest BCUT2D eigenvalue weighted by Gasteiger charge is -2.35. The molecule has 2 aliphatic rings. The van der Waals surface area contributed by atoms with E-state index in [0.717, 1.165) is 18.0 Å².